The molecule has 7 rings (SSSR count). The number of aliphatic hydroxyl groups is 5. The number of aromatic hydroxyl groups is 7. The molecule has 0 aliphatic carbocycles. The highest BCUT2D eigenvalue weighted by Crippen LogP contribution is 2.55. The van der Waals surface area contributed by atoms with Crippen LogP contribution in [0, 0.1) is 0 Å². The molecule has 2 aliphatic rings. The zero-order chi connectivity index (χ0) is 37.2. The van der Waals surface area contributed by atoms with Crippen molar-refractivity contribution in [2.75, 3.05) is 6.61 Å². The van der Waals surface area contributed by atoms with E-state index >= 15 is 0 Å². The van der Waals surface area contributed by atoms with Gasteiger partial charge in [-0.2, -0.15) is 0 Å². The second kappa shape index (κ2) is 13.1. The van der Waals surface area contributed by atoms with Crippen molar-refractivity contribution in [2.45, 2.75) is 48.8 Å². The Labute approximate surface area is 292 Å². The minimum atomic E-state index is -1.87. The average Bonchev–Trinajstić information content (AvgIpc) is 3.10. The first-order valence-corrected chi connectivity index (χ1v) is 15.8. The molecule has 8 unspecified atom stereocenters. The van der Waals surface area contributed by atoms with Crippen LogP contribution in [0.25, 0.3) is 22.3 Å². The van der Waals surface area contributed by atoms with Crippen LogP contribution in [-0.2, 0) is 4.74 Å². The SMILES string of the molecule is OCC1OC(Oc2cc3c(O)cc(O)c(C4c5c(O)cc(O)cc5OC(c5ccc(O)cc5)C4O)c3[o+]c2-c2ccc(O)c(O)c2)C(O)C(O)C1O. The van der Waals surface area contributed by atoms with E-state index < -0.39 is 84.2 Å². The molecule has 16 heteroatoms. The lowest BCUT2D eigenvalue weighted by Crippen LogP contribution is -2.60. The summed E-state index contributed by atoms with van der Waals surface area (Å²) in [6.45, 7) is -0.764. The van der Waals surface area contributed by atoms with E-state index in [1.165, 1.54) is 42.5 Å². The van der Waals surface area contributed by atoms with E-state index in [1.807, 2.05) is 0 Å². The minimum Gasteiger partial charge on any atom is -0.508 e. The first-order valence-electron chi connectivity index (χ1n) is 15.8. The topological polar surface area (TPSA) is 282 Å². The van der Waals surface area contributed by atoms with E-state index in [0.717, 1.165) is 24.3 Å². The van der Waals surface area contributed by atoms with Crippen molar-refractivity contribution in [2.24, 2.45) is 0 Å². The molecule has 4 aromatic carbocycles. The van der Waals surface area contributed by atoms with Gasteiger partial charge in [-0.1, -0.05) is 12.1 Å². The van der Waals surface area contributed by atoms with E-state index in [-0.39, 0.29) is 56.4 Å². The van der Waals surface area contributed by atoms with Crippen LogP contribution >= 0.6 is 0 Å². The summed E-state index contributed by atoms with van der Waals surface area (Å²) in [5.74, 6) is -5.37. The van der Waals surface area contributed by atoms with Crippen LogP contribution in [0.4, 0.5) is 0 Å². The van der Waals surface area contributed by atoms with Crippen LogP contribution in [0.1, 0.15) is 28.7 Å². The highest BCUT2D eigenvalue weighted by atomic mass is 16.7. The summed E-state index contributed by atoms with van der Waals surface area (Å²) in [6.07, 6.45) is -11.3. The zero-order valence-electron chi connectivity index (χ0n) is 26.7. The van der Waals surface area contributed by atoms with Gasteiger partial charge in [-0.25, -0.2) is 4.42 Å². The molecule has 0 amide bonds. The van der Waals surface area contributed by atoms with Crippen molar-refractivity contribution < 1.29 is 79.9 Å². The summed E-state index contributed by atoms with van der Waals surface area (Å²) in [7, 11) is 0. The Kier molecular flexibility index (Phi) is 8.74. The Hall–Kier alpha value is -5.75. The van der Waals surface area contributed by atoms with Crippen molar-refractivity contribution in [3.05, 3.63) is 83.4 Å². The molecule has 0 bridgehead atoms. The molecule has 5 aromatic rings. The van der Waals surface area contributed by atoms with Gasteiger partial charge in [0.25, 0.3) is 0 Å². The highest BCUT2D eigenvalue weighted by molar-refractivity contribution is 5.92. The van der Waals surface area contributed by atoms with Crippen LogP contribution in [0.3, 0.4) is 0 Å². The molecule has 0 radical (unpaired) electrons. The quantitative estimate of drug-likeness (QED) is 0.0883. The molecule has 272 valence electrons. The predicted octanol–water partition coefficient (Wildman–Crippen LogP) is 2.13. The van der Waals surface area contributed by atoms with Crippen LogP contribution in [-0.4, -0.2) is 105 Å². The summed E-state index contributed by atoms with van der Waals surface area (Å²) in [4.78, 5) is 0. The van der Waals surface area contributed by atoms with E-state index in [0.29, 0.717) is 5.56 Å². The Balaban J connectivity index is 1.47. The maximum atomic E-state index is 12.0. The number of phenols is 7. The first-order chi connectivity index (χ1) is 24.8. The number of benzene rings is 4. The lowest BCUT2D eigenvalue weighted by atomic mass is 9.78. The number of rotatable bonds is 6. The van der Waals surface area contributed by atoms with Crippen LogP contribution < -0.4 is 9.47 Å². The van der Waals surface area contributed by atoms with Gasteiger partial charge in [-0.05, 0) is 29.8 Å². The van der Waals surface area contributed by atoms with E-state index in [2.05, 4.69) is 0 Å². The fourth-order valence-corrected chi connectivity index (χ4v) is 6.61. The van der Waals surface area contributed by atoms with Gasteiger partial charge < -0.3 is 75.5 Å². The van der Waals surface area contributed by atoms with Crippen molar-refractivity contribution in [3.63, 3.8) is 0 Å². The molecule has 0 saturated carbocycles. The van der Waals surface area contributed by atoms with Gasteiger partial charge in [-0.15, -0.1) is 0 Å². The van der Waals surface area contributed by atoms with Crippen molar-refractivity contribution in [1.29, 1.82) is 0 Å². The number of fused-ring (bicyclic) bond motifs is 2. The zero-order valence-corrected chi connectivity index (χ0v) is 26.7. The molecule has 3 heterocycles. The van der Waals surface area contributed by atoms with Gasteiger partial charge in [0.15, 0.2) is 17.6 Å². The Morgan fingerprint density at radius 1 is 0.635 bits per heavy atom. The molecule has 0 spiro atoms. The van der Waals surface area contributed by atoms with E-state index in [4.69, 9.17) is 18.6 Å². The third-order valence-electron chi connectivity index (χ3n) is 9.20. The van der Waals surface area contributed by atoms with Gasteiger partial charge >= 0.3 is 11.3 Å². The lowest BCUT2D eigenvalue weighted by Gasteiger charge is -2.39. The second-order valence-corrected chi connectivity index (χ2v) is 12.5. The molecular formula is C36H33O16+. The number of hydrogen-bond donors (Lipinski definition) is 12. The van der Waals surface area contributed by atoms with Crippen molar-refractivity contribution >= 4 is 11.0 Å². The van der Waals surface area contributed by atoms with E-state index in [9.17, 15) is 61.3 Å². The molecule has 8 atom stereocenters. The number of hydrogen-bond acceptors (Lipinski definition) is 15. The number of phenolic OH excluding ortho intramolecular Hbond substituents is 7. The normalized spacial score (nSPS) is 25.7. The lowest BCUT2D eigenvalue weighted by molar-refractivity contribution is -0.277. The molecular weight excluding hydrogens is 688 g/mol. The third kappa shape index (κ3) is 5.82. The second-order valence-electron chi connectivity index (χ2n) is 12.5. The smallest absolute Gasteiger partial charge is 0.402 e. The molecule has 1 saturated heterocycles. The fourth-order valence-electron chi connectivity index (χ4n) is 6.61. The van der Waals surface area contributed by atoms with Gasteiger partial charge in [0, 0.05) is 35.9 Å². The molecule has 12 N–H and O–H groups in total. The summed E-state index contributed by atoms with van der Waals surface area (Å²) >= 11 is 0. The maximum Gasteiger partial charge on any atom is 0.402 e. The predicted molar refractivity (Wildman–Crippen MR) is 176 cm³/mol. The molecule has 1 fully saturated rings. The van der Waals surface area contributed by atoms with Crippen LogP contribution in [0.15, 0.2) is 71.1 Å². The highest BCUT2D eigenvalue weighted by Gasteiger charge is 2.48. The molecule has 2 aliphatic heterocycles. The standard InChI is InChI=1S/C36H32O16/c37-12-25-29(45)31(47)32(48)36(51-25)50-24-10-17-19(41)11-22(44)27(35(17)52-33(24)14-3-6-18(40)20(42)7-14)28-26-21(43)8-16(39)9-23(26)49-34(30(28)46)13-1-4-15(38)5-2-13/h1-11,25,28-32,34,36-37,45-48H,12H2,(H6-,38,39,40,41,42,43,44)/p+1. The summed E-state index contributed by atoms with van der Waals surface area (Å²) in [5, 5.41) is 127. The van der Waals surface area contributed by atoms with Gasteiger partial charge in [0.05, 0.1) is 18.1 Å². The largest absolute Gasteiger partial charge is 0.508 e. The van der Waals surface area contributed by atoms with Gasteiger partial charge in [0.1, 0.15) is 76.0 Å². The first kappa shape index (κ1) is 34.7. The summed E-state index contributed by atoms with van der Waals surface area (Å²) in [6, 6.07) is 13.5. The van der Waals surface area contributed by atoms with Gasteiger partial charge in [-0.3, -0.25) is 0 Å². The Bertz CT molecular complexity index is 2150. The Morgan fingerprint density at radius 3 is 2.04 bits per heavy atom. The van der Waals surface area contributed by atoms with E-state index in [1.54, 1.807) is 0 Å². The average molecular weight is 722 g/mol. The summed E-state index contributed by atoms with van der Waals surface area (Å²) < 4.78 is 23.8. The van der Waals surface area contributed by atoms with Crippen molar-refractivity contribution in [1.82, 2.24) is 0 Å². The molecule has 1 aromatic heterocycles. The van der Waals surface area contributed by atoms with Crippen LogP contribution in [0.5, 0.6) is 51.7 Å². The molecule has 52 heavy (non-hydrogen) atoms. The van der Waals surface area contributed by atoms with Gasteiger partial charge in [0.2, 0.25) is 12.0 Å². The summed E-state index contributed by atoms with van der Waals surface area (Å²) in [5.41, 5.74) is -0.191. The monoisotopic (exact) mass is 721 g/mol. The minimum absolute atomic E-state index is 0.0215. The Morgan fingerprint density at radius 2 is 1.35 bits per heavy atom. The maximum absolute atomic E-state index is 12.0. The van der Waals surface area contributed by atoms with Crippen LogP contribution in [0.2, 0.25) is 0 Å². The fraction of sp³-hybridized carbons (Fsp3) is 0.250. The number of aliphatic hydroxyl groups excluding tert-OH is 5. The van der Waals surface area contributed by atoms with Crippen molar-refractivity contribution in [3.8, 4) is 63.1 Å². The molecule has 16 nitrogen and oxygen atoms in total. The number of ether oxygens (including phenoxy) is 3. The third-order valence-corrected chi connectivity index (χ3v) is 9.20.